The fourth-order valence-electron chi connectivity index (χ4n) is 1.12. The number of carbonyl (C=O) groups excluding carboxylic acids is 2. The van der Waals surface area contributed by atoms with Gasteiger partial charge in [0.25, 0.3) is 5.91 Å². The Hall–Kier alpha value is -1.98. The minimum absolute atomic E-state index is 0.0300. The van der Waals surface area contributed by atoms with Crippen LogP contribution in [0.5, 0.6) is 0 Å². The summed E-state index contributed by atoms with van der Waals surface area (Å²) in [6.45, 7) is 2.54. The van der Waals surface area contributed by atoms with Crippen LogP contribution in [-0.4, -0.2) is 29.9 Å². The second-order valence-electron chi connectivity index (χ2n) is 3.38. The Bertz CT molecular complexity index is 373. The van der Waals surface area contributed by atoms with Gasteiger partial charge in [0.2, 0.25) is 5.91 Å². The lowest BCUT2D eigenvalue weighted by atomic mass is 10.4. The highest BCUT2D eigenvalue weighted by Gasteiger charge is 2.08. The molecule has 0 spiro atoms. The van der Waals surface area contributed by atoms with E-state index in [9.17, 15) is 9.59 Å². The van der Waals surface area contributed by atoms with Gasteiger partial charge in [-0.05, 0) is 12.5 Å². The molecule has 16 heavy (non-hydrogen) atoms. The first-order valence-electron chi connectivity index (χ1n) is 5.12. The molecular weight excluding hydrogens is 208 g/mol. The van der Waals surface area contributed by atoms with Crippen molar-refractivity contribution < 1.29 is 9.59 Å². The maximum absolute atomic E-state index is 11.5. The molecule has 0 aliphatic carbocycles. The zero-order valence-electron chi connectivity index (χ0n) is 9.17. The number of nitrogens with one attached hydrogen (secondary N) is 3. The van der Waals surface area contributed by atoms with Crippen LogP contribution >= 0.6 is 0 Å². The van der Waals surface area contributed by atoms with E-state index >= 15 is 0 Å². The zero-order chi connectivity index (χ0) is 12.0. The topological polar surface area (TPSA) is 100 Å². The van der Waals surface area contributed by atoms with Crippen LogP contribution in [0.2, 0.25) is 0 Å². The number of anilines is 1. The summed E-state index contributed by atoms with van der Waals surface area (Å²) in [4.78, 5) is 25.3. The van der Waals surface area contributed by atoms with Crippen LogP contribution in [0.1, 0.15) is 23.8 Å². The van der Waals surface area contributed by atoms with Gasteiger partial charge in [-0.1, -0.05) is 6.92 Å². The van der Waals surface area contributed by atoms with Crippen LogP contribution in [0.4, 0.5) is 5.69 Å². The van der Waals surface area contributed by atoms with E-state index in [1.807, 2.05) is 6.92 Å². The monoisotopic (exact) mass is 224 g/mol. The number of aromatic nitrogens is 1. The van der Waals surface area contributed by atoms with Crippen molar-refractivity contribution in [3.05, 3.63) is 18.0 Å². The van der Waals surface area contributed by atoms with Gasteiger partial charge in [-0.15, -0.1) is 0 Å². The molecule has 88 valence electrons. The summed E-state index contributed by atoms with van der Waals surface area (Å²) in [6, 6.07) is 1.51. The van der Waals surface area contributed by atoms with Gasteiger partial charge in [0, 0.05) is 18.4 Å². The lowest BCUT2D eigenvalue weighted by Gasteiger charge is -2.04. The highest BCUT2D eigenvalue weighted by molar-refractivity contribution is 5.95. The molecule has 1 aromatic rings. The molecule has 0 aromatic carbocycles. The molecular formula is C10H16N4O2. The van der Waals surface area contributed by atoms with Crippen LogP contribution in [0.25, 0.3) is 0 Å². The number of hydrogen-bond donors (Lipinski definition) is 4. The van der Waals surface area contributed by atoms with Crippen molar-refractivity contribution in [1.29, 1.82) is 0 Å². The number of H-pyrrole nitrogens is 1. The van der Waals surface area contributed by atoms with E-state index in [0.717, 1.165) is 6.42 Å². The third-order valence-electron chi connectivity index (χ3n) is 1.93. The van der Waals surface area contributed by atoms with Crippen LogP contribution in [0, 0.1) is 0 Å². The molecule has 0 saturated heterocycles. The molecule has 2 amide bonds. The number of nitrogen functional groups attached to an aromatic ring is 1. The van der Waals surface area contributed by atoms with Crippen molar-refractivity contribution in [2.75, 3.05) is 18.8 Å². The van der Waals surface area contributed by atoms with Crippen LogP contribution in [0.15, 0.2) is 12.3 Å². The molecule has 6 nitrogen and oxygen atoms in total. The zero-order valence-corrected chi connectivity index (χ0v) is 9.17. The second-order valence-corrected chi connectivity index (χ2v) is 3.38. The molecule has 0 saturated carbocycles. The number of amides is 2. The van der Waals surface area contributed by atoms with Crippen LogP contribution in [-0.2, 0) is 4.79 Å². The first-order valence-corrected chi connectivity index (χ1v) is 5.12. The summed E-state index contributed by atoms with van der Waals surface area (Å²) in [6.07, 6.45) is 2.39. The highest BCUT2D eigenvalue weighted by atomic mass is 16.2. The normalized spacial score (nSPS) is 9.81. The average molecular weight is 224 g/mol. The maximum Gasteiger partial charge on any atom is 0.268 e. The average Bonchev–Trinajstić information content (AvgIpc) is 2.69. The third-order valence-corrected chi connectivity index (χ3v) is 1.93. The van der Waals surface area contributed by atoms with Crippen molar-refractivity contribution in [2.24, 2.45) is 0 Å². The fraction of sp³-hybridized carbons (Fsp3) is 0.400. The smallest absolute Gasteiger partial charge is 0.268 e. The number of hydrogen-bond acceptors (Lipinski definition) is 3. The SMILES string of the molecule is CCCNC(=O)CNC(=O)c1cc(N)c[nH]1. The molecule has 0 aliphatic rings. The van der Waals surface area contributed by atoms with Crippen molar-refractivity contribution >= 4 is 17.5 Å². The van der Waals surface area contributed by atoms with E-state index in [1.165, 1.54) is 12.3 Å². The number of rotatable bonds is 5. The third kappa shape index (κ3) is 3.64. The van der Waals surface area contributed by atoms with Crippen molar-refractivity contribution in [3.63, 3.8) is 0 Å². The minimum atomic E-state index is -0.344. The molecule has 0 aliphatic heterocycles. The summed E-state index contributed by atoms with van der Waals surface area (Å²) < 4.78 is 0. The summed E-state index contributed by atoms with van der Waals surface area (Å²) in [5, 5.41) is 5.14. The fourth-order valence-corrected chi connectivity index (χ4v) is 1.12. The van der Waals surface area contributed by atoms with Crippen molar-refractivity contribution in [3.8, 4) is 0 Å². The Morgan fingerprint density at radius 3 is 2.75 bits per heavy atom. The predicted molar refractivity (Wildman–Crippen MR) is 60.8 cm³/mol. The molecule has 1 heterocycles. The standard InChI is InChI=1S/C10H16N4O2/c1-2-3-12-9(15)6-14-10(16)8-4-7(11)5-13-8/h4-5,13H,2-3,6,11H2,1H3,(H,12,15)(H,14,16). The van der Waals surface area contributed by atoms with E-state index in [1.54, 1.807) is 0 Å². The molecule has 6 heteroatoms. The van der Waals surface area contributed by atoms with E-state index < -0.39 is 0 Å². The number of aromatic amines is 1. The molecule has 0 fully saturated rings. The van der Waals surface area contributed by atoms with Gasteiger partial charge in [-0.2, -0.15) is 0 Å². The summed E-state index contributed by atoms with van der Waals surface area (Å²) in [5.41, 5.74) is 6.28. The quantitative estimate of drug-likeness (QED) is 0.559. The van der Waals surface area contributed by atoms with E-state index in [0.29, 0.717) is 17.9 Å². The van der Waals surface area contributed by atoms with Crippen LogP contribution in [0.3, 0.4) is 0 Å². The Labute approximate surface area is 93.6 Å². The summed E-state index contributed by atoms with van der Waals surface area (Å²) in [5.74, 6) is -0.543. The van der Waals surface area contributed by atoms with Crippen molar-refractivity contribution in [1.82, 2.24) is 15.6 Å². The van der Waals surface area contributed by atoms with Gasteiger partial charge in [-0.25, -0.2) is 0 Å². The summed E-state index contributed by atoms with van der Waals surface area (Å²) in [7, 11) is 0. The molecule has 5 N–H and O–H groups in total. The molecule has 1 aromatic heterocycles. The predicted octanol–water partition coefficient (Wildman–Crippen LogP) is -0.147. The lowest BCUT2D eigenvalue weighted by molar-refractivity contribution is -0.120. The Kier molecular flexibility index (Phi) is 4.38. The van der Waals surface area contributed by atoms with Gasteiger partial charge in [0.05, 0.1) is 6.54 Å². The van der Waals surface area contributed by atoms with Crippen molar-refractivity contribution in [2.45, 2.75) is 13.3 Å². The summed E-state index contributed by atoms with van der Waals surface area (Å²) >= 11 is 0. The second kappa shape index (κ2) is 5.79. The largest absolute Gasteiger partial charge is 0.397 e. The molecule has 0 radical (unpaired) electrons. The van der Waals surface area contributed by atoms with E-state index in [-0.39, 0.29) is 18.4 Å². The molecule has 0 bridgehead atoms. The maximum atomic E-state index is 11.5. The van der Waals surface area contributed by atoms with Gasteiger partial charge in [-0.3, -0.25) is 9.59 Å². The minimum Gasteiger partial charge on any atom is -0.397 e. The van der Waals surface area contributed by atoms with Gasteiger partial charge >= 0.3 is 0 Å². The first kappa shape index (κ1) is 12.1. The Balaban J connectivity index is 2.33. The number of nitrogens with two attached hydrogens (primary N) is 1. The number of carbonyl (C=O) groups is 2. The van der Waals surface area contributed by atoms with Gasteiger partial charge in [0.15, 0.2) is 0 Å². The lowest BCUT2D eigenvalue weighted by Crippen LogP contribution is -2.37. The first-order chi connectivity index (χ1) is 7.63. The van der Waals surface area contributed by atoms with E-state index in [4.69, 9.17) is 5.73 Å². The molecule has 1 rings (SSSR count). The molecule has 0 unspecified atom stereocenters. The van der Waals surface area contributed by atoms with Gasteiger partial charge in [0.1, 0.15) is 5.69 Å². The van der Waals surface area contributed by atoms with Crippen LogP contribution < -0.4 is 16.4 Å². The molecule has 0 atom stereocenters. The Morgan fingerprint density at radius 1 is 1.44 bits per heavy atom. The Morgan fingerprint density at radius 2 is 2.19 bits per heavy atom. The van der Waals surface area contributed by atoms with Gasteiger partial charge < -0.3 is 21.4 Å². The highest BCUT2D eigenvalue weighted by Crippen LogP contribution is 2.03. The van der Waals surface area contributed by atoms with E-state index in [2.05, 4.69) is 15.6 Å².